The lowest BCUT2D eigenvalue weighted by molar-refractivity contribution is 0.497. The first-order valence-corrected chi connectivity index (χ1v) is 5.37. The van der Waals surface area contributed by atoms with E-state index in [1.54, 1.807) is 4.68 Å². The Bertz CT molecular complexity index is 484. The highest BCUT2D eigenvalue weighted by Gasteiger charge is 2.14. The molecule has 0 amide bonds. The van der Waals surface area contributed by atoms with Crippen molar-refractivity contribution >= 4 is 0 Å². The van der Waals surface area contributed by atoms with Gasteiger partial charge in [-0.3, -0.25) is 4.68 Å². The van der Waals surface area contributed by atoms with Crippen molar-refractivity contribution in [2.75, 3.05) is 0 Å². The lowest BCUT2D eigenvalue weighted by Crippen LogP contribution is -2.14. The van der Waals surface area contributed by atoms with E-state index >= 15 is 0 Å². The second-order valence-corrected chi connectivity index (χ2v) is 4.16. The number of nitrogens with two attached hydrogens (primary N) is 1. The summed E-state index contributed by atoms with van der Waals surface area (Å²) in [4.78, 5) is 0. The molecule has 86 valence electrons. The predicted octanol–water partition coefficient (Wildman–Crippen LogP) is 1.87. The van der Waals surface area contributed by atoms with Crippen molar-refractivity contribution < 1.29 is 4.42 Å². The fraction of sp³-hybridized carbons (Fsp3) is 0.417. The summed E-state index contributed by atoms with van der Waals surface area (Å²) in [7, 11) is 1.91. The van der Waals surface area contributed by atoms with Crippen LogP contribution >= 0.6 is 0 Å². The first-order chi connectivity index (χ1) is 7.56. The maximum Gasteiger partial charge on any atom is 0.105 e. The van der Waals surface area contributed by atoms with Gasteiger partial charge in [0.1, 0.15) is 11.5 Å². The van der Waals surface area contributed by atoms with Gasteiger partial charge in [-0.1, -0.05) is 0 Å². The molecule has 4 nitrogen and oxygen atoms in total. The average Bonchev–Trinajstić information content (AvgIpc) is 2.73. The Hall–Kier alpha value is -1.55. The molecule has 0 aliphatic heterocycles. The minimum Gasteiger partial charge on any atom is -0.466 e. The molecule has 0 saturated carbocycles. The lowest BCUT2D eigenvalue weighted by Gasteiger charge is -2.08. The van der Waals surface area contributed by atoms with E-state index in [9.17, 15) is 0 Å². The zero-order valence-electron chi connectivity index (χ0n) is 9.90. The van der Waals surface area contributed by atoms with Crippen molar-refractivity contribution in [2.24, 2.45) is 12.8 Å². The molecule has 1 atom stereocenters. The Kier molecular flexibility index (Phi) is 2.83. The van der Waals surface area contributed by atoms with Gasteiger partial charge in [0, 0.05) is 31.3 Å². The topological polar surface area (TPSA) is 57.0 Å². The highest BCUT2D eigenvalue weighted by molar-refractivity contribution is 5.25. The van der Waals surface area contributed by atoms with E-state index in [0.29, 0.717) is 0 Å². The molecule has 2 aromatic heterocycles. The molecule has 2 rings (SSSR count). The van der Waals surface area contributed by atoms with Crippen LogP contribution in [0.3, 0.4) is 0 Å². The van der Waals surface area contributed by atoms with Crippen LogP contribution in [0.25, 0.3) is 0 Å². The molecule has 0 aliphatic carbocycles. The number of furan rings is 1. The van der Waals surface area contributed by atoms with E-state index in [-0.39, 0.29) is 6.04 Å². The summed E-state index contributed by atoms with van der Waals surface area (Å²) in [5.74, 6) is 1.81. The maximum atomic E-state index is 6.14. The van der Waals surface area contributed by atoms with Crippen molar-refractivity contribution in [1.82, 2.24) is 9.78 Å². The molecule has 0 bridgehead atoms. The van der Waals surface area contributed by atoms with Gasteiger partial charge in [0.2, 0.25) is 0 Å². The number of aromatic nitrogens is 2. The molecule has 1 unspecified atom stereocenters. The summed E-state index contributed by atoms with van der Waals surface area (Å²) in [5, 5.41) is 4.32. The predicted molar refractivity (Wildman–Crippen MR) is 62.0 cm³/mol. The second kappa shape index (κ2) is 4.14. The van der Waals surface area contributed by atoms with Crippen molar-refractivity contribution in [1.29, 1.82) is 0 Å². The minimum absolute atomic E-state index is 0.0488. The van der Waals surface area contributed by atoms with Crippen molar-refractivity contribution in [3.8, 4) is 0 Å². The quantitative estimate of drug-likeness (QED) is 0.857. The number of rotatable bonds is 3. The average molecular weight is 219 g/mol. The fourth-order valence-corrected chi connectivity index (χ4v) is 1.93. The monoisotopic (exact) mass is 219 g/mol. The van der Waals surface area contributed by atoms with Gasteiger partial charge >= 0.3 is 0 Å². The summed E-state index contributed by atoms with van der Waals surface area (Å²) < 4.78 is 7.26. The standard InChI is InChI=1S/C12H17N3O/c1-8-6-11(9(2)16-8)12(13)7-10-4-5-15(3)14-10/h4-6,12H,7,13H2,1-3H3. The molecule has 0 radical (unpaired) electrons. The highest BCUT2D eigenvalue weighted by Crippen LogP contribution is 2.22. The normalized spacial score (nSPS) is 13.0. The summed E-state index contributed by atoms with van der Waals surface area (Å²) >= 11 is 0. The van der Waals surface area contributed by atoms with Gasteiger partial charge in [-0.25, -0.2) is 0 Å². The molecule has 16 heavy (non-hydrogen) atoms. The SMILES string of the molecule is Cc1cc(C(N)Cc2ccn(C)n2)c(C)o1. The van der Waals surface area contributed by atoms with E-state index < -0.39 is 0 Å². The van der Waals surface area contributed by atoms with E-state index in [4.69, 9.17) is 10.2 Å². The number of nitrogens with zero attached hydrogens (tertiary/aromatic N) is 2. The first kappa shape index (κ1) is 11.0. The third kappa shape index (κ3) is 2.17. The summed E-state index contributed by atoms with van der Waals surface area (Å²) in [5.41, 5.74) is 8.22. The van der Waals surface area contributed by atoms with Gasteiger partial charge in [0.15, 0.2) is 0 Å². The number of aryl methyl sites for hydroxylation is 3. The number of hydrogen-bond donors (Lipinski definition) is 1. The van der Waals surface area contributed by atoms with Crippen LogP contribution in [0.15, 0.2) is 22.7 Å². The summed E-state index contributed by atoms with van der Waals surface area (Å²) in [6.07, 6.45) is 2.66. The minimum atomic E-state index is -0.0488. The Labute approximate surface area is 95.1 Å². The van der Waals surface area contributed by atoms with Gasteiger partial charge in [0.25, 0.3) is 0 Å². The Morgan fingerprint density at radius 1 is 1.50 bits per heavy atom. The van der Waals surface area contributed by atoms with Crippen LogP contribution in [-0.4, -0.2) is 9.78 Å². The molecule has 2 aromatic rings. The van der Waals surface area contributed by atoms with Crippen LogP contribution in [0.2, 0.25) is 0 Å². The molecule has 0 fully saturated rings. The zero-order chi connectivity index (χ0) is 11.7. The van der Waals surface area contributed by atoms with E-state index in [0.717, 1.165) is 29.2 Å². The van der Waals surface area contributed by atoms with Gasteiger partial charge in [-0.15, -0.1) is 0 Å². The van der Waals surface area contributed by atoms with Gasteiger partial charge < -0.3 is 10.2 Å². The molecule has 0 aliphatic rings. The first-order valence-electron chi connectivity index (χ1n) is 5.37. The third-order valence-electron chi connectivity index (χ3n) is 2.68. The molecule has 0 aromatic carbocycles. The summed E-state index contributed by atoms with van der Waals surface area (Å²) in [6, 6.07) is 3.94. The molecular weight excluding hydrogens is 202 g/mol. The summed E-state index contributed by atoms with van der Waals surface area (Å²) in [6.45, 7) is 3.88. The van der Waals surface area contributed by atoms with Gasteiger partial charge in [-0.2, -0.15) is 5.10 Å². The maximum absolute atomic E-state index is 6.14. The van der Waals surface area contributed by atoms with Gasteiger partial charge in [-0.05, 0) is 26.0 Å². The van der Waals surface area contributed by atoms with Crippen LogP contribution in [0.5, 0.6) is 0 Å². The second-order valence-electron chi connectivity index (χ2n) is 4.16. The molecule has 0 saturated heterocycles. The Balaban J connectivity index is 2.14. The number of hydrogen-bond acceptors (Lipinski definition) is 3. The van der Waals surface area contributed by atoms with Crippen LogP contribution in [0, 0.1) is 13.8 Å². The van der Waals surface area contributed by atoms with E-state index in [1.807, 2.05) is 39.2 Å². The fourth-order valence-electron chi connectivity index (χ4n) is 1.93. The van der Waals surface area contributed by atoms with E-state index in [2.05, 4.69) is 5.10 Å². The van der Waals surface area contributed by atoms with Crippen LogP contribution < -0.4 is 5.73 Å². The molecule has 2 heterocycles. The highest BCUT2D eigenvalue weighted by atomic mass is 16.3. The van der Waals surface area contributed by atoms with Crippen LogP contribution in [-0.2, 0) is 13.5 Å². The Morgan fingerprint density at radius 2 is 2.25 bits per heavy atom. The Morgan fingerprint density at radius 3 is 2.75 bits per heavy atom. The van der Waals surface area contributed by atoms with Crippen molar-refractivity contribution in [3.05, 3.63) is 41.1 Å². The van der Waals surface area contributed by atoms with E-state index in [1.165, 1.54) is 0 Å². The molecule has 0 spiro atoms. The smallest absolute Gasteiger partial charge is 0.105 e. The largest absolute Gasteiger partial charge is 0.466 e. The van der Waals surface area contributed by atoms with Crippen molar-refractivity contribution in [3.63, 3.8) is 0 Å². The molecular formula is C12H17N3O. The zero-order valence-corrected chi connectivity index (χ0v) is 9.90. The van der Waals surface area contributed by atoms with Crippen molar-refractivity contribution in [2.45, 2.75) is 26.3 Å². The molecule has 2 N–H and O–H groups in total. The lowest BCUT2D eigenvalue weighted by atomic mass is 10.0. The van der Waals surface area contributed by atoms with Crippen LogP contribution in [0.1, 0.15) is 28.8 Å². The third-order valence-corrected chi connectivity index (χ3v) is 2.68. The molecule has 4 heteroatoms. The van der Waals surface area contributed by atoms with Crippen LogP contribution in [0.4, 0.5) is 0 Å². The van der Waals surface area contributed by atoms with Gasteiger partial charge in [0.05, 0.1) is 5.69 Å².